The molecule has 1 aliphatic heterocycles. The van der Waals surface area contributed by atoms with Gasteiger partial charge in [-0.1, -0.05) is 18.1 Å². The summed E-state index contributed by atoms with van der Waals surface area (Å²) in [5.41, 5.74) is 2.82. The third kappa shape index (κ3) is 3.42. The number of amides is 2. The van der Waals surface area contributed by atoms with Gasteiger partial charge in [0.1, 0.15) is 13.6 Å². The Bertz CT molecular complexity index is 484. The SMILES string of the molecule is C#Cc1cccc2c1N(C(=O)NC)CC2.C=O.C=O.[HH]. The van der Waals surface area contributed by atoms with E-state index >= 15 is 0 Å². The number of urea groups is 1. The molecule has 1 aromatic rings. The number of benzene rings is 1. The van der Waals surface area contributed by atoms with Crippen LogP contribution in [0.15, 0.2) is 18.2 Å². The van der Waals surface area contributed by atoms with Crippen molar-refractivity contribution in [3.8, 4) is 12.3 Å². The molecule has 0 unspecified atom stereocenters. The number of rotatable bonds is 0. The first kappa shape index (κ1) is 16.4. The molecule has 0 aliphatic carbocycles. The van der Waals surface area contributed by atoms with E-state index in [0.717, 1.165) is 23.2 Å². The van der Waals surface area contributed by atoms with Crippen LogP contribution in [0, 0.1) is 12.3 Å². The lowest BCUT2D eigenvalue weighted by molar-refractivity contribution is -0.0987. The molecule has 0 aromatic heterocycles. The number of para-hydroxylation sites is 1. The van der Waals surface area contributed by atoms with Crippen molar-refractivity contribution in [3.63, 3.8) is 0 Å². The fraction of sp³-hybridized carbons (Fsp3) is 0.214. The standard InChI is InChI=1S/C12H12N2O.2CH2O.H2/c1-3-9-5-4-6-10-7-8-14(11(9)10)12(15)13-2;2*1-2;/h1,4-6H,7-8H2,2H3,(H,13,15);2*1H2;1H. The van der Waals surface area contributed by atoms with E-state index in [-0.39, 0.29) is 7.46 Å². The molecule has 1 heterocycles. The molecule has 0 spiro atoms. The van der Waals surface area contributed by atoms with E-state index in [0.29, 0.717) is 6.54 Å². The lowest BCUT2D eigenvalue weighted by Gasteiger charge is -2.17. The quantitative estimate of drug-likeness (QED) is 0.715. The maximum absolute atomic E-state index is 11.6. The molecule has 0 saturated carbocycles. The Morgan fingerprint density at radius 3 is 2.58 bits per heavy atom. The molecule has 1 N–H and O–H groups in total. The van der Waals surface area contributed by atoms with Gasteiger partial charge in [-0.05, 0) is 18.1 Å². The van der Waals surface area contributed by atoms with Crippen LogP contribution in [0.3, 0.4) is 0 Å². The predicted octanol–water partition coefficient (Wildman–Crippen LogP) is 1.25. The first-order valence-electron chi connectivity index (χ1n) is 5.43. The van der Waals surface area contributed by atoms with Gasteiger partial charge in [0.15, 0.2) is 0 Å². The Labute approximate surface area is 114 Å². The normalized spacial score (nSPS) is 10.8. The highest BCUT2D eigenvalue weighted by molar-refractivity contribution is 5.95. The number of terminal acetylenes is 1. The second kappa shape index (κ2) is 8.48. The van der Waals surface area contributed by atoms with Crippen LogP contribution >= 0.6 is 0 Å². The van der Waals surface area contributed by atoms with Crippen molar-refractivity contribution in [2.45, 2.75) is 6.42 Å². The van der Waals surface area contributed by atoms with Crippen LogP contribution in [0.2, 0.25) is 0 Å². The smallest absolute Gasteiger partial charge is 0.321 e. The first-order chi connectivity index (χ1) is 9.27. The Morgan fingerprint density at radius 1 is 1.42 bits per heavy atom. The van der Waals surface area contributed by atoms with Crippen molar-refractivity contribution >= 4 is 25.3 Å². The molecule has 0 fully saturated rings. The Morgan fingerprint density at radius 2 is 2.05 bits per heavy atom. The molecule has 0 atom stereocenters. The van der Waals surface area contributed by atoms with E-state index in [1.54, 1.807) is 11.9 Å². The lowest BCUT2D eigenvalue weighted by atomic mass is 10.1. The average Bonchev–Trinajstić information content (AvgIpc) is 2.94. The minimum absolute atomic E-state index is 0. The van der Waals surface area contributed by atoms with Crippen LogP contribution in [0.1, 0.15) is 12.6 Å². The van der Waals surface area contributed by atoms with Crippen LogP contribution in [0.5, 0.6) is 0 Å². The number of anilines is 1. The van der Waals surface area contributed by atoms with Crippen LogP contribution in [-0.4, -0.2) is 33.2 Å². The van der Waals surface area contributed by atoms with E-state index < -0.39 is 0 Å². The molecule has 1 aromatic carbocycles. The third-order valence-electron chi connectivity index (χ3n) is 2.61. The van der Waals surface area contributed by atoms with Crippen molar-refractivity contribution in [3.05, 3.63) is 29.3 Å². The number of nitrogens with zero attached hydrogens (tertiary/aromatic N) is 1. The summed E-state index contributed by atoms with van der Waals surface area (Å²) < 4.78 is 0. The molecule has 5 heteroatoms. The molecule has 19 heavy (non-hydrogen) atoms. The van der Waals surface area contributed by atoms with Gasteiger partial charge >= 0.3 is 6.03 Å². The fourth-order valence-electron chi connectivity index (χ4n) is 1.91. The van der Waals surface area contributed by atoms with Crippen molar-refractivity contribution in [1.29, 1.82) is 0 Å². The van der Waals surface area contributed by atoms with Gasteiger partial charge in [-0.25, -0.2) is 4.79 Å². The maximum Gasteiger partial charge on any atom is 0.321 e. The van der Waals surface area contributed by atoms with E-state index in [1.165, 1.54) is 0 Å². The topological polar surface area (TPSA) is 66.5 Å². The minimum Gasteiger partial charge on any atom is -0.341 e. The van der Waals surface area contributed by atoms with Gasteiger partial charge < -0.3 is 14.9 Å². The molecule has 0 radical (unpaired) electrons. The summed E-state index contributed by atoms with van der Waals surface area (Å²) >= 11 is 0. The Hall–Kier alpha value is -2.61. The maximum atomic E-state index is 11.6. The van der Waals surface area contributed by atoms with Crippen molar-refractivity contribution < 1.29 is 15.8 Å². The lowest BCUT2D eigenvalue weighted by Crippen LogP contribution is -2.37. The molecule has 0 bridgehead atoms. The highest BCUT2D eigenvalue weighted by Crippen LogP contribution is 2.31. The molecule has 102 valence electrons. The molecular formula is C14H18N2O3. The summed E-state index contributed by atoms with van der Waals surface area (Å²) in [4.78, 5) is 29.3. The fourth-order valence-corrected chi connectivity index (χ4v) is 1.91. The zero-order valence-electron chi connectivity index (χ0n) is 10.8. The number of carbonyl (C=O) groups excluding carboxylic acids is 3. The van der Waals surface area contributed by atoms with Gasteiger partial charge in [0, 0.05) is 20.6 Å². The second-order valence-corrected chi connectivity index (χ2v) is 3.41. The number of fused-ring (bicyclic) bond motifs is 1. The predicted molar refractivity (Wildman–Crippen MR) is 76.2 cm³/mol. The summed E-state index contributed by atoms with van der Waals surface area (Å²) in [5, 5.41) is 2.62. The third-order valence-corrected chi connectivity index (χ3v) is 2.61. The van der Waals surface area contributed by atoms with E-state index in [2.05, 4.69) is 11.2 Å². The average molecular weight is 262 g/mol. The molecule has 2 amide bonds. The molecule has 2 rings (SSSR count). The summed E-state index contributed by atoms with van der Waals surface area (Å²) in [7, 11) is 1.62. The van der Waals surface area contributed by atoms with E-state index in [9.17, 15) is 4.79 Å². The Balaban J connectivity index is 0. The molecule has 0 saturated heterocycles. The number of carbonyl (C=O) groups is 3. The number of hydrogen-bond acceptors (Lipinski definition) is 3. The number of hydrogen-bond donors (Lipinski definition) is 1. The van der Waals surface area contributed by atoms with Gasteiger partial charge in [0.2, 0.25) is 0 Å². The highest BCUT2D eigenvalue weighted by Gasteiger charge is 2.25. The minimum atomic E-state index is -0.101. The van der Waals surface area contributed by atoms with Gasteiger partial charge in [-0.2, -0.15) is 0 Å². The Kier molecular flexibility index (Phi) is 7.31. The first-order valence-corrected chi connectivity index (χ1v) is 5.43. The second-order valence-electron chi connectivity index (χ2n) is 3.41. The zero-order valence-corrected chi connectivity index (χ0v) is 10.8. The van der Waals surface area contributed by atoms with Crippen molar-refractivity contribution in [2.24, 2.45) is 0 Å². The highest BCUT2D eigenvalue weighted by atomic mass is 16.2. The summed E-state index contributed by atoms with van der Waals surface area (Å²) in [6.45, 7) is 4.70. The summed E-state index contributed by atoms with van der Waals surface area (Å²) in [6, 6.07) is 5.71. The van der Waals surface area contributed by atoms with Gasteiger partial charge in [-0.15, -0.1) is 6.42 Å². The zero-order chi connectivity index (χ0) is 14.8. The molecular weight excluding hydrogens is 244 g/mol. The van der Waals surface area contributed by atoms with E-state index in [4.69, 9.17) is 16.0 Å². The van der Waals surface area contributed by atoms with Crippen LogP contribution in [-0.2, 0) is 16.0 Å². The van der Waals surface area contributed by atoms with Gasteiger partial charge in [-0.3, -0.25) is 4.90 Å². The van der Waals surface area contributed by atoms with Crippen LogP contribution < -0.4 is 10.2 Å². The summed E-state index contributed by atoms with van der Waals surface area (Å²) in [6.07, 6.45) is 6.29. The van der Waals surface area contributed by atoms with Crippen molar-refractivity contribution in [1.82, 2.24) is 5.32 Å². The molecule has 5 nitrogen and oxygen atoms in total. The van der Waals surface area contributed by atoms with Gasteiger partial charge in [0.05, 0.1) is 5.69 Å². The monoisotopic (exact) mass is 262 g/mol. The van der Waals surface area contributed by atoms with E-state index in [1.807, 2.05) is 31.8 Å². The van der Waals surface area contributed by atoms with Gasteiger partial charge in [0.25, 0.3) is 0 Å². The summed E-state index contributed by atoms with van der Waals surface area (Å²) in [5.74, 6) is 2.61. The van der Waals surface area contributed by atoms with Crippen LogP contribution in [0.25, 0.3) is 0 Å². The number of nitrogens with one attached hydrogen (secondary N) is 1. The van der Waals surface area contributed by atoms with Crippen molar-refractivity contribution in [2.75, 3.05) is 18.5 Å². The largest absolute Gasteiger partial charge is 0.341 e. The van der Waals surface area contributed by atoms with Crippen LogP contribution in [0.4, 0.5) is 10.5 Å². The molecule has 1 aliphatic rings.